The smallest absolute Gasteiger partial charge is 0.316 e. The lowest BCUT2D eigenvalue weighted by Gasteiger charge is -2.23. The average molecular weight is 454 g/mol. The molecule has 1 saturated heterocycles. The maximum Gasteiger partial charge on any atom is 0.316 e. The molecule has 2 fully saturated rings. The van der Waals surface area contributed by atoms with E-state index in [1.54, 1.807) is 0 Å². The van der Waals surface area contributed by atoms with Gasteiger partial charge >= 0.3 is 6.03 Å². The molecule has 2 aliphatic rings. The first-order valence-corrected chi connectivity index (χ1v) is 9.97. The molecule has 2 aromatic carbocycles. The summed E-state index contributed by atoms with van der Waals surface area (Å²) in [4.78, 5) is 24.9. The molecule has 1 aliphatic heterocycles. The van der Waals surface area contributed by atoms with Gasteiger partial charge in [0.1, 0.15) is 29.2 Å². The summed E-state index contributed by atoms with van der Waals surface area (Å²) in [5, 5.41) is 7.76. The lowest BCUT2D eigenvalue weighted by molar-refractivity contribution is -0.120. The molecule has 4 rings (SSSR count). The maximum absolute atomic E-state index is 14.5. The molecule has 1 saturated carbocycles. The summed E-state index contributed by atoms with van der Waals surface area (Å²) in [7, 11) is 1.28. The van der Waals surface area contributed by atoms with Crippen molar-refractivity contribution >= 4 is 23.5 Å². The predicted octanol–water partition coefficient (Wildman–Crippen LogP) is 3.34. The molecule has 1 heterocycles. The minimum atomic E-state index is -1.18. The van der Waals surface area contributed by atoms with Crippen LogP contribution in [0.1, 0.15) is 29.9 Å². The average Bonchev–Trinajstić information content (AvgIpc) is 3.42. The van der Waals surface area contributed by atoms with Crippen LogP contribution in [0.2, 0.25) is 5.02 Å². The van der Waals surface area contributed by atoms with E-state index < -0.39 is 46.9 Å². The topological polar surface area (TPSA) is 79.5 Å². The number of hydrogen-bond acceptors (Lipinski definition) is 3. The second-order valence-corrected chi connectivity index (χ2v) is 8.05. The normalized spacial score (nSPS) is 21.4. The number of ether oxygens (including phenoxy) is 1. The number of hydrogen-bond donors (Lipinski definition) is 3. The van der Waals surface area contributed by atoms with E-state index in [1.807, 2.05) is 0 Å². The second kappa shape index (κ2) is 7.96. The van der Waals surface area contributed by atoms with E-state index in [2.05, 4.69) is 16.0 Å². The number of amides is 3. The molecule has 0 aromatic heterocycles. The highest BCUT2D eigenvalue weighted by atomic mass is 35.5. The van der Waals surface area contributed by atoms with Crippen LogP contribution in [0.25, 0.3) is 0 Å². The summed E-state index contributed by atoms with van der Waals surface area (Å²) in [5.74, 6) is -3.80. The zero-order valence-corrected chi connectivity index (χ0v) is 17.2. The molecule has 2 aromatic rings. The molecule has 6 nitrogen and oxygen atoms in total. The monoisotopic (exact) mass is 453 g/mol. The van der Waals surface area contributed by atoms with Crippen molar-refractivity contribution in [2.75, 3.05) is 13.7 Å². The van der Waals surface area contributed by atoms with Crippen LogP contribution < -0.4 is 20.7 Å². The first kappa shape index (κ1) is 21.3. The highest BCUT2D eigenvalue weighted by Crippen LogP contribution is 2.46. The SMILES string of the molecule is COc1cc(F)c([C@@H]2CNC(=O)[C@H]2NC(=O)NC2(c3ccc(F)c(Cl)c3)CC2)c(F)c1. The van der Waals surface area contributed by atoms with Crippen LogP contribution in [0.3, 0.4) is 0 Å². The van der Waals surface area contributed by atoms with Crippen LogP contribution in [0.4, 0.5) is 18.0 Å². The van der Waals surface area contributed by atoms with E-state index in [9.17, 15) is 22.8 Å². The molecule has 1 aliphatic carbocycles. The number of halogens is 4. The van der Waals surface area contributed by atoms with Crippen molar-refractivity contribution < 1.29 is 27.5 Å². The van der Waals surface area contributed by atoms with Gasteiger partial charge in [-0.25, -0.2) is 18.0 Å². The summed E-state index contributed by atoms with van der Waals surface area (Å²) in [6, 6.07) is 4.38. The Kier molecular flexibility index (Phi) is 5.47. The Labute approximate surface area is 181 Å². The Balaban J connectivity index is 1.52. The number of carbonyl (C=O) groups excluding carboxylic acids is 2. The van der Waals surface area contributed by atoms with Crippen molar-refractivity contribution in [2.24, 2.45) is 0 Å². The van der Waals surface area contributed by atoms with Gasteiger partial charge in [0.25, 0.3) is 0 Å². The van der Waals surface area contributed by atoms with Gasteiger partial charge in [0.05, 0.1) is 17.7 Å². The van der Waals surface area contributed by atoms with Crippen LogP contribution in [0.5, 0.6) is 5.75 Å². The third-order valence-electron chi connectivity index (χ3n) is 5.70. The van der Waals surface area contributed by atoms with Gasteiger partial charge in [-0.3, -0.25) is 4.79 Å². The summed E-state index contributed by atoms with van der Waals surface area (Å²) in [6.45, 7) is -0.0390. The van der Waals surface area contributed by atoms with E-state index >= 15 is 0 Å². The molecule has 0 spiro atoms. The third-order valence-corrected chi connectivity index (χ3v) is 5.99. The quantitative estimate of drug-likeness (QED) is 0.649. The number of carbonyl (C=O) groups is 2. The molecular formula is C21H19ClF3N3O3. The summed E-state index contributed by atoms with van der Waals surface area (Å²) >= 11 is 5.84. The number of benzene rings is 2. The number of urea groups is 1. The van der Waals surface area contributed by atoms with Gasteiger partial charge in [0.2, 0.25) is 5.91 Å². The molecule has 0 unspecified atom stereocenters. The predicted molar refractivity (Wildman–Crippen MR) is 106 cm³/mol. The molecular weight excluding hydrogens is 435 g/mol. The van der Waals surface area contributed by atoms with Gasteiger partial charge in [-0.1, -0.05) is 17.7 Å². The first-order chi connectivity index (χ1) is 14.7. The van der Waals surface area contributed by atoms with Gasteiger partial charge in [-0.15, -0.1) is 0 Å². The highest BCUT2D eigenvalue weighted by Gasteiger charge is 2.47. The third kappa shape index (κ3) is 4.01. The van der Waals surface area contributed by atoms with Crippen LogP contribution in [0.15, 0.2) is 30.3 Å². The molecule has 164 valence electrons. The zero-order chi connectivity index (χ0) is 22.3. The van der Waals surface area contributed by atoms with Gasteiger partial charge in [0.15, 0.2) is 0 Å². The standard InChI is InChI=1S/C21H19ClF3N3O3/c1-31-11-7-15(24)17(16(25)8-11)12-9-26-19(29)18(12)27-20(30)28-21(4-5-21)10-2-3-14(23)13(22)6-10/h2-3,6-8,12,18H,4-5,9H2,1H3,(H,26,29)(H2,27,28,30)/t12-,18-/m0/s1. The summed E-state index contributed by atoms with van der Waals surface area (Å²) in [6.07, 6.45) is 1.20. The zero-order valence-electron chi connectivity index (χ0n) is 16.4. The van der Waals surface area contributed by atoms with Crippen molar-refractivity contribution in [3.8, 4) is 5.75 Å². The van der Waals surface area contributed by atoms with Crippen molar-refractivity contribution in [2.45, 2.75) is 30.3 Å². The van der Waals surface area contributed by atoms with Crippen LogP contribution in [-0.4, -0.2) is 31.6 Å². The molecule has 3 N–H and O–H groups in total. The van der Waals surface area contributed by atoms with Gasteiger partial charge < -0.3 is 20.7 Å². The van der Waals surface area contributed by atoms with E-state index in [4.69, 9.17) is 16.3 Å². The molecule has 3 amide bonds. The fraction of sp³-hybridized carbons (Fsp3) is 0.333. The number of methoxy groups -OCH3 is 1. The maximum atomic E-state index is 14.5. The van der Waals surface area contributed by atoms with Crippen molar-refractivity contribution in [3.05, 3.63) is 63.9 Å². The van der Waals surface area contributed by atoms with Crippen molar-refractivity contribution in [1.82, 2.24) is 16.0 Å². The summed E-state index contributed by atoms with van der Waals surface area (Å²) < 4.78 is 47.4. The van der Waals surface area contributed by atoms with Gasteiger partial charge in [-0.05, 0) is 30.5 Å². The van der Waals surface area contributed by atoms with Crippen LogP contribution in [-0.2, 0) is 10.3 Å². The lowest BCUT2D eigenvalue weighted by atomic mass is 9.92. The Bertz CT molecular complexity index is 1040. The lowest BCUT2D eigenvalue weighted by Crippen LogP contribution is -2.50. The second-order valence-electron chi connectivity index (χ2n) is 7.64. The van der Waals surface area contributed by atoms with Crippen molar-refractivity contribution in [3.63, 3.8) is 0 Å². The van der Waals surface area contributed by atoms with Gasteiger partial charge in [0, 0.05) is 30.2 Å². The van der Waals surface area contributed by atoms with Gasteiger partial charge in [-0.2, -0.15) is 0 Å². The minimum absolute atomic E-state index is 0.00641. The molecule has 31 heavy (non-hydrogen) atoms. The fourth-order valence-electron chi connectivity index (χ4n) is 3.89. The van der Waals surface area contributed by atoms with E-state index in [1.165, 1.54) is 25.3 Å². The fourth-order valence-corrected chi connectivity index (χ4v) is 4.07. The largest absolute Gasteiger partial charge is 0.497 e. The Hall–Kier alpha value is -2.94. The van der Waals surface area contributed by atoms with E-state index in [-0.39, 0.29) is 22.9 Å². The number of rotatable bonds is 5. The first-order valence-electron chi connectivity index (χ1n) is 9.59. The van der Waals surface area contributed by atoms with E-state index in [0.717, 1.165) is 12.1 Å². The molecule has 2 atom stereocenters. The Morgan fingerprint density at radius 3 is 2.42 bits per heavy atom. The summed E-state index contributed by atoms with van der Waals surface area (Å²) in [5.41, 5.74) is -0.410. The minimum Gasteiger partial charge on any atom is -0.497 e. The highest BCUT2D eigenvalue weighted by molar-refractivity contribution is 6.30. The molecule has 10 heteroatoms. The van der Waals surface area contributed by atoms with E-state index in [0.29, 0.717) is 18.4 Å². The molecule has 0 radical (unpaired) electrons. The Morgan fingerprint density at radius 1 is 1.16 bits per heavy atom. The Morgan fingerprint density at radius 2 is 1.84 bits per heavy atom. The number of nitrogens with one attached hydrogen (secondary N) is 3. The van der Waals surface area contributed by atoms with Crippen LogP contribution in [0, 0.1) is 17.5 Å². The molecule has 0 bridgehead atoms. The van der Waals surface area contributed by atoms with Crippen LogP contribution >= 0.6 is 11.6 Å². The van der Waals surface area contributed by atoms with Crippen molar-refractivity contribution in [1.29, 1.82) is 0 Å².